The van der Waals surface area contributed by atoms with Gasteiger partial charge in [-0.25, -0.2) is 9.69 Å². The standard InChI is InChI=1S/C32H43N5O4/c1-22(2)21-32(25-13-8-5-9-14-25)29(39)36(30(34)35-32)18-10-15-26(19-24-16-17-24)37(31(40)41-3)28(38)27(33)20-23-11-6-4-7-12-23/h4-9,11-14,22,24,26-27H,10,15-21,33H2,1-3H3,(H2,34,35)/t26?,27-,32+/m0/s1. The Kier molecular flexibility index (Phi) is 9.81. The van der Waals surface area contributed by atoms with Gasteiger partial charge in [0, 0.05) is 12.6 Å². The van der Waals surface area contributed by atoms with E-state index in [0.717, 1.165) is 24.0 Å². The highest BCUT2D eigenvalue weighted by atomic mass is 16.5. The molecular formula is C32H43N5O4. The fraction of sp³-hybridized carbons (Fsp3) is 0.500. The molecule has 0 radical (unpaired) electrons. The van der Waals surface area contributed by atoms with E-state index in [1.807, 2.05) is 60.7 Å². The number of benzene rings is 2. The molecule has 1 heterocycles. The molecule has 1 saturated carbocycles. The van der Waals surface area contributed by atoms with Crippen molar-refractivity contribution in [3.63, 3.8) is 0 Å². The number of imide groups is 1. The first-order valence-electron chi connectivity index (χ1n) is 14.6. The maximum Gasteiger partial charge on any atom is 0.416 e. The fourth-order valence-electron chi connectivity index (χ4n) is 5.88. The van der Waals surface area contributed by atoms with E-state index in [1.54, 1.807) is 0 Å². The lowest BCUT2D eigenvalue weighted by Gasteiger charge is -2.32. The van der Waals surface area contributed by atoms with E-state index in [9.17, 15) is 14.4 Å². The number of methoxy groups -OCH3 is 1. The van der Waals surface area contributed by atoms with Crippen LogP contribution in [0.25, 0.3) is 0 Å². The first-order chi connectivity index (χ1) is 19.7. The Morgan fingerprint density at radius 1 is 1.12 bits per heavy atom. The van der Waals surface area contributed by atoms with Crippen LogP contribution in [0, 0.1) is 17.2 Å². The maximum atomic E-state index is 13.9. The average molecular weight is 562 g/mol. The van der Waals surface area contributed by atoms with Crippen molar-refractivity contribution < 1.29 is 19.1 Å². The van der Waals surface area contributed by atoms with Gasteiger partial charge in [-0.05, 0) is 55.1 Å². The van der Waals surface area contributed by atoms with Crippen molar-refractivity contribution in [1.29, 1.82) is 5.41 Å². The quantitative estimate of drug-likeness (QED) is 0.332. The zero-order valence-electron chi connectivity index (χ0n) is 24.3. The van der Waals surface area contributed by atoms with Crippen LogP contribution in [0.5, 0.6) is 0 Å². The molecule has 0 aromatic heterocycles. The van der Waals surface area contributed by atoms with Gasteiger partial charge in [0.1, 0.15) is 5.54 Å². The normalized spacial score (nSPS) is 20.1. The van der Waals surface area contributed by atoms with E-state index in [-0.39, 0.29) is 17.8 Å². The number of rotatable bonds is 13. The number of carbonyl (C=O) groups is 3. The molecule has 1 unspecified atom stereocenters. The summed E-state index contributed by atoms with van der Waals surface area (Å²) in [5, 5.41) is 11.9. The molecule has 2 aromatic rings. The molecule has 4 rings (SSSR count). The van der Waals surface area contributed by atoms with E-state index in [2.05, 4.69) is 19.2 Å². The third-order valence-electron chi connectivity index (χ3n) is 8.00. The largest absolute Gasteiger partial charge is 0.452 e. The van der Waals surface area contributed by atoms with E-state index < -0.39 is 29.6 Å². The molecule has 2 fully saturated rings. The number of guanidine groups is 1. The third kappa shape index (κ3) is 7.14. The molecule has 220 valence electrons. The summed E-state index contributed by atoms with van der Waals surface area (Å²) in [6.07, 6.45) is 3.94. The van der Waals surface area contributed by atoms with Gasteiger partial charge in [-0.3, -0.25) is 19.9 Å². The van der Waals surface area contributed by atoms with Crippen LogP contribution in [-0.4, -0.2) is 59.4 Å². The average Bonchev–Trinajstić information content (AvgIpc) is 3.75. The highest BCUT2D eigenvalue weighted by molar-refractivity contribution is 6.08. The second kappa shape index (κ2) is 13.3. The van der Waals surface area contributed by atoms with Gasteiger partial charge in [-0.1, -0.05) is 87.4 Å². The Morgan fingerprint density at radius 2 is 1.76 bits per heavy atom. The summed E-state index contributed by atoms with van der Waals surface area (Å²) in [4.78, 5) is 43.1. The molecule has 0 spiro atoms. The molecular weight excluding hydrogens is 518 g/mol. The zero-order chi connectivity index (χ0) is 29.6. The monoisotopic (exact) mass is 561 g/mol. The summed E-state index contributed by atoms with van der Waals surface area (Å²) in [6.45, 7) is 4.43. The van der Waals surface area contributed by atoms with Crippen molar-refractivity contribution in [3.8, 4) is 0 Å². The number of hydrogen-bond acceptors (Lipinski definition) is 6. The van der Waals surface area contributed by atoms with E-state index in [1.165, 1.54) is 16.9 Å². The van der Waals surface area contributed by atoms with E-state index in [4.69, 9.17) is 15.9 Å². The minimum atomic E-state index is -0.988. The number of nitrogens with two attached hydrogens (primary N) is 1. The lowest BCUT2D eigenvalue weighted by Crippen LogP contribution is -2.52. The minimum Gasteiger partial charge on any atom is -0.452 e. The molecule has 1 saturated heterocycles. The summed E-state index contributed by atoms with van der Waals surface area (Å²) in [5.74, 6) is 0.131. The highest BCUT2D eigenvalue weighted by Gasteiger charge is 2.50. The Bertz CT molecular complexity index is 1220. The smallest absolute Gasteiger partial charge is 0.416 e. The molecule has 0 bridgehead atoms. The van der Waals surface area contributed by atoms with Crippen molar-refractivity contribution in [2.75, 3.05) is 13.7 Å². The molecule has 2 aliphatic rings. The molecule has 9 heteroatoms. The summed E-state index contributed by atoms with van der Waals surface area (Å²) in [7, 11) is 1.27. The van der Waals surface area contributed by atoms with Crippen molar-refractivity contribution in [1.82, 2.24) is 15.1 Å². The van der Waals surface area contributed by atoms with E-state index in [0.29, 0.717) is 44.6 Å². The summed E-state index contributed by atoms with van der Waals surface area (Å²) < 4.78 is 5.05. The topological polar surface area (TPSA) is 129 Å². The van der Waals surface area contributed by atoms with Gasteiger partial charge < -0.3 is 15.8 Å². The van der Waals surface area contributed by atoms with Crippen molar-refractivity contribution in [3.05, 3.63) is 71.8 Å². The molecule has 1 aliphatic heterocycles. The Hall–Kier alpha value is -3.72. The van der Waals surface area contributed by atoms with Gasteiger partial charge in [0.05, 0.1) is 13.2 Å². The summed E-state index contributed by atoms with van der Waals surface area (Å²) in [6, 6.07) is 17.8. The molecule has 2 aromatic carbocycles. The Morgan fingerprint density at radius 3 is 2.34 bits per heavy atom. The molecule has 9 nitrogen and oxygen atoms in total. The van der Waals surface area contributed by atoms with Crippen LogP contribution in [0.15, 0.2) is 60.7 Å². The zero-order valence-corrected chi connectivity index (χ0v) is 24.3. The van der Waals surface area contributed by atoms with Gasteiger partial charge in [0.25, 0.3) is 5.91 Å². The van der Waals surface area contributed by atoms with Crippen LogP contribution in [0.4, 0.5) is 4.79 Å². The Balaban J connectivity index is 1.48. The lowest BCUT2D eigenvalue weighted by atomic mass is 9.82. The van der Waals surface area contributed by atoms with Crippen LogP contribution in [-0.2, 0) is 26.3 Å². The van der Waals surface area contributed by atoms with Crippen molar-refractivity contribution in [2.45, 2.75) is 76.4 Å². The summed E-state index contributed by atoms with van der Waals surface area (Å²) >= 11 is 0. The van der Waals surface area contributed by atoms with Gasteiger partial charge in [-0.15, -0.1) is 0 Å². The predicted molar refractivity (Wildman–Crippen MR) is 158 cm³/mol. The number of nitrogens with one attached hydrogen (secondary N) is 2. The van der Waals surface area contributed by atoms with Crippen LogP contribution in [0.1, 0.15) is 63.5 Å². The van der Waals surface area contributed by atoms with Crippen LogP contribution < -0.4 is 11.1 Å². The van der Waals surface area contributed by atoms with Gasteiger partial charge in [0.15, 0.2) is 5.96 Å². The molecule has 41 heavy (non-hydrogen) atoms. The fourth-order valence-corrected chi connectivity index (χ4v) is 5.88. The SMILES string of the molecule is COC(=O)N(C(=O)[C@@H](N)Cc1ccccc1)C(CCCN1C(=N)N[C@](CC(C)C)(c2ccccc2)C1=O)CC1CC1. The van der Waals surface area contributed by atoms with Gasteiger partial charge in [0.2, 0.25) is 5.91 Å². The second-order valence-electron chi connectivity index (χ2n) is 11.7. The number of ether oxygens (including phenoxy) is 1. The maximum absolute atomic E-state index is 13.9. The first-order valence-corrected chi connectivity index (χ1v) is 14.6. The Labute approximate surface area is 242 Å². The molecule has 1 aliphatic carbocycles. The number of carbonyl (C=O) groups excluding carboxylic acids is 3. The summed E-state index contributed by atoms with van der Waals surface area (Å²) in [5.41, 5.74) is 7.10. The number of hydrogen-bond donors (Lipinski definition) is 3. The van der Waals surface area contributed by atoms with Gasteiger partial charge in [-0.2, -0.15) is 0 Å². The minimum absolute atomic E-state index is 0.0732. The third-order valence-corrected chi connectivity index (χ3v) is 8.00. The predicted octanol–water partition coefficient (Wildman–Crippen LogP) is 4.41. The van der Waals surface area contributed by atoms with Crippen LogP contribution in [0.2, 0.25) is 0 Å². The first kappa shape index (κ1) is 30.2. The van der Waals surface area contributed by atoms with Gasteiger partial charge >= 0.3 is 6.09 Å². The molecule has 3 atom stereocenters. The van der Waals surface area contributed by atoms with Crippen molar-refractivity contribution in [2.24, 2.45) is 17.6 Å². The van der Waals surface area contributed by atoms with Crippen LogP contribution in [0.3, 0.4) is 0 Å². The molecule has 4 N–H and O–H groups in total. The lowest BCUT2D eigenvalue weighted by molar-refractivity contribution is -0.134. The molecule has 3 amide bonds. The number of amides is 3. The second-order valence-corrected chi connectivity index (χ2v) is 11.7. The van der Waals surface area contributed by atoms with Crippen LogP contribution >= 0.6 is 0 Å². The highest BCUT2D eigenvalue weighted by Crippen LogP contribution is 2.37. The van der Waals surface area contributed by atoms with Crippen molar-refractivity contribution >= 4 is 23.9 Å². The number of nitrogens with zero attached hydrogens (tertiary/aromatic N) is 2. The van der Waals surface area contributed by atoms with E-state index >= 15 is 0 Å².